The van der Waals surface area contributed by atoms with Gasteiger partial charge in [-0.3, -0.25) is 0 Å². The zero-order valence-electron chi connectivity index (χ0n) is 40.1. The van der Waals surface area contributed by atoms with Crippen molar-refractivity contribution in [2.24, 2.45) is 0 Å². The lowest BCUT2D eigenvalue weighted by atomic mass is 9.83. The molecule has 0 saturated carbocycles. The van der Waals surface area contributed by atoms with Gasteiger partial charge in [-0.1, -0.05) is 145 Å². The third-order valence-corrected chi connectivity index (χ3v) is 8.39. The molecule has 10 rings (SSSR count). The first-order valence-electron chi connectivity index (χ1n) is 22.6. The van der Waals surface area contributed by atoms with E-state index in [0.717, 1.165) is 0 Å². The number of rotatable bonds is 2. The van der Waals surface area contributed by atoms with Crippen LogP contribution in [0.2, 0.25) is 0 Å². The summed E-state index contributed by atoms with van der Waals surface area (Å²) in [5.41, 5.74) is 0.221. The van der Waals surface area contributed by atoms with Gasteiger partial charge in [-0.05, 0) is 82.9 Å². The topological polar surface area (TPSA) is 13.1 Å². The predicted molar refractivity (Wildman–Crippen MR) is 192 cm³/mol. The quantitative estimate of drug-likeness (QED) is 0.145. The molecule has 1 aromatic heterocycles. The van der Waals surface area contributed by atoms with E-state index in [0.29, 0.717) is 32.7 Å². The van der Waals surface area contributed by atoms with Crippen LogP contribution in [0.5, 0.6) is 0 Å². The van der Waals surface area contributed by atoms with Gasteiger partial charge in [-0.25, -0.2) is 0 Å². The minimum atomic E-state index is -0.813. The molecule has 45 heavy (non-hydrogen) atoms. The van der Waals surface area contributed by atoms with Crippen LogP contribution in [0.3, 0.4) is 0 Å². The van der Waals surface area contributed by atoms with Crippen molar-refractivity contribution in [2.45, 2.75) is 0 Å². The average Bonchev–Trinajstić information content (AvgIpc) is 3.67. The number of para-hydroxylation sites is 1. The van der Waals surface area contributed by atoms with Crippen molar-refractivity contribution in [1.82, 2.24) is 0 Å². The van der Waals surface area contributed by atoms with Gasteiger partial charge in [0.1, 0.15) is 11.2 Å². The Morgan fingerprint density at radius 2 is 1.00 bits per heavy atom. The Balaban J connectivity index is 1.59. The Bertz CT molecular complexity index is 3700. The Morgan fingerprint density at radius 3 is 1.76 bits per heavy atom. The molecular formula is C44H26O. The molecule has 208 valence electrons. The summed E-state index contributed by atoms with van der Waals surface area (Å²) in [6, 6.07) is 3.98. The summed E-state index contributed by atoms with van der Waals surface area (Å²) in [5, 5.41) is -0.490. The molecule has 0 N–H and O–H groups in total. The SMILES string of the molecule is [2H]c1c([2H])c([2H])c2c(-c3cc4ccccc4c4oc5ccccc5c34)c3c([2H])c([2H])c([2H])c([2H])c3c(-c3c([2H])c([2H])c([2H])c4c3c([2H])c([2H])c3c([2H])c([2H])c([2H])c([2H])c34)c2c1[2H]. The fourth-order valence-electron chi connectivity index (χ4n) is 6.53. The maximum atomic E-state index is 9.57. The predicted octanol–water partition coefficient (Wildman–Crippen LogP) is 12.7. The van der Waals surface area contributed by atoms with Crippen LogP contribution >= 0.6 is 0 Å². The van der Waals surface area contributed by atoms with Gasteiger partial charge in [0.05, 0.1) is 23.3 Å². The Kier molecular flexibility index (Phi) is 2.76. The lowest BCUT2D eigenvalue weighted by Gasteiger charge is -2.20. The Hall–Kier alpha value is -5.92. The largest absolute Gasteiger partial charge is 0.455 e. The fraction of sp³-hybridized carbons (Fsp3) is 0. The molecule has 0 aliphatic rings. The van der Waals surface area contributed by atoms with Crippen LogP contribution < -0.4 is 0 Å². The van der Waals surface area contributed by atoms with E-state index in [1.165, 1.54) is 0 Å². The summed E-state index contributed by atoms with van der Waals surface area (Å²) >= 11 is 0. The summed E-state index contributed by atoms with van der Waals surface area (Å²) in [6.07, 6.45) is 0. The summed E-state index contributed by atoms with van der Waals surface area (Å²) in [5.74, 6) is 0. The molecule has 0 spiro atoms. The third-order valence-electron chi connectivity index (χ3n) is 8.39. The Morgan fingerprint density at radius 1 is 0.400 bits per heavy atom. The zero-order chi connectivity index (χ0) is 44.3. The van der Waals surface area contributed by atoms with Crippen LogP contribution in [0.25, 0.3) is 98.1 Å². The number of hydrogen-bond acceptors (Lipinski definition) is 1. The molecule has 0 fully saturated rings. The van der Waals surface area contributed by atoms with Crippen molar-refractivity contribution in [2.75, 3.05) is 0 Å². The highest BCUT2D eigenvalue weighted by Crippen LogP contribution is 2.49. The molecule has 10 aromatic rings. The van der Waals surface area contributed by atoms with Crippen LogP contribution in [-0.4, -0.2) is 0 Å². The normalized spacial score (nSPS) is 17.3. The fourth-order valence-corrected chi connectivity index (χ4v) is 6.53. The van der Waals surface area contributed by atoms with Gasteiger partial charge in [-0.2, -0.15) is 0 Å². The first-order chi connectivity index (χ1) is 29.4. The minimum absolute atomic E-state index is 0.0223. The number of fused-ring (bicyclic) bond motifs is 10. The smallest absolute Gasteiger partial charge is 0.143 e. The first-order valence-corrected chi connectivity index (χ1v) is 14.1. The number of benzene rings is 9. The number of furan rings is 1. The summed E-state index contributed by atoms with van der Waals surface area (Å²) in [7, 11) is 0. The van der Waals surface area contributed by atoms with Crippen molar-refractivity contribution in [3.05, 3.63) is 157 Å². The van der Waals surface area contributed by atoms with Crippen molar-refractivity contribution in [3.8, 4) is 22.3 Å². The molecule has 1 nitrogen and oxygen atoms in total. The monoisotopic (exact) mass is 587 g/mol. The molecule has 9 aromatic carbocycles. The molecule has 0 saturated heterocycles. The van der Waals surface area contributed by atoms with E-state index >= 15 is 0 Å². The van der Waals surface area contributed by atoms with Gasteiger partial charge in [-0.15, -0.1) is 0 Å². The highest BCUT2D eigenvalue weighted by Gasteiger charge is 2.22. The van der Waals surface area contributed by atoms with Crippen molar-refractivity contribution in [1.29, 1.82) is 0 Å². The highest BCUT2D eigenvalue weighted by atomic mass is 16.3. The molecule has 0 bridgehead atoms. The summed E-state index contributed by atoms with van der Waals surface area (Å²) < 4.78 is 161. The summed E-state index contributed by atoms with van der Waals surface area (Å²) in [6.45, 7) is 0. The number of hydrogen-bond donors (Lipinski definition) is 0. The van der Waals surface area contributed by atoms with E-state index in [2.05, 4.69) is 0 Å². The molecule has 0 aliphatic heterocycles. The van der Waals surface area contributed by atoms with E-state index < -0.39 is 135 Å². The van der Waals surface area contributed by atoms with Crippen molar-refractivity contribution < 1.29 is 27.7 Å². The minimum Gasteiger partial charge on any atom is -0.455 e. The van der Waals surface area contributed by atoms with Crippen LogP contribution in [0.1, 0.15) is 23.3 Å². The summed E-state index contributed by atoms with van der Waals surface area (Å²) in [4.78, 5) is 0. The van der Waals surface area contributed by atoms with Crippen molar-refractivity contribution in [3.63, 3.8) is 0 Å². The molecular weight excluding hydrogens is 544 g/mol. The average molecular weight is 588 g/mol. The third kappa shape index (κ3) is 3.44. The van der Waals surface area contributed by atoms with Gasteiger partial charge in [0.25, 0.3) is 0 Å². The standard InChI is InChI=1S/C44H26O/c1-3-14-29-27(12-1)24-25-32-31(29)21-11-22-33(32)41-34-16-5-7-18-36(34)42(37-19-8-6-17-35(37)41)39-26-28-13-2-4-15-30(28)44-43(39)38-20-9-10-23-40(38)45-44/h1-26H/i1D,3D,5D,6D,7D,8D,11D,12D,14D,16D,17D,18D,19D,21D,22D,24D,25D. The second kappa shape index (κ2) is 9.29. The highest BCUT2D eigenvalue weighted by molar-refractivity contribution is 6.30. The van der Waals surface area contributed by atoms with E-state index in [1.807, 2.05) is 12.1 Å². The molecule has 0 aliphatic carbocycles. The van der Waals surface area contributed by atoms with Crippen LogP contribution in [0, 0.1) is 0 Å². The molecule has 1 heterocycles. The van der Waals surface area contributed by atoms with Gasteiger partial charge >= 0.3 is 0 Å². The van der Waals surface area contributed by atoms with Gasteiger partial charge < -0.3 is 4.42 Å². The second-order valence-electron chi connectivity index (χ2n) is 10.7. The first kappa shape index (κ1) is 13.4. The van der Waals surface area contributed by atoms with E-state index in [-0.39, 0.29) is 32.7 Å². The van der Waals surface area contributed by atoms with E-state index in [9.17, 15) is 8.22 Å². The van der Waals surface area contributed by atoms with Crippen LogP contribution in [0.4, 0.5) is 0 Å². The lowest BCUT2D eigenvalue weighted by Crippen LogP contribution is -1.92. The van der Waals surface area contributed by atoms with Crippen LogP contribution in [0.15, 0.2) is 162 Å². The lowest BCUT2D eigenvalue weighted by molar-refractivity contribution is 0.673. The van der Waals surface area contributed by atoms with Crippen LogP contribution in [-0.2, 0) is 0 Å². The zero-order valence-corrected chi connectivity index (χ0v) is 23.1. The molecule has 0 unspecified atom stereocenters. The molecule has 0 amide bonds. The maximum absolute atomic E-state index is 9.57. The Labute approximate surface area is 283 Å². The molecule has 0 atom stereocenters. The maximum Gasteiger partial charge on any atom is 0.143 e. The van der Waals surface area contributed by atoms with Crippen molar-refractivity contribution >= 4 is 75.8 Å². The van der Waals surface area contributed by atoms with Gasteiger partial charge in [0.15, 0.2) is 0 Å². The van der Waals surface area contributed by atoms with E-state index in [4.69, 9.17) is 19.5 Å². The van der Waals surface area contributed by atoms with Gasteiger partial charge in [0.2, 0.25) is 0 Å². The second-order valence-corrected chi connectivity index (χ2v) is 10.7. The van der Waals surface area contributed by atoms with Gasteiger partial charge in [0, 0.05) is 16.2 Å². The molecule has 1 heteroatoms. The van der Waals surface area contributed by atoms with E-state index in [1.54, 1.807) is 42.5 Å². The molecule has 0 radical (unpaired) electrons.